The molecule has 132 valence electrons. The summed E-state index contributed by atoms with van der Waals surface area (Å²) >= 11 is 0. The van der Waals surface area contributed by atoms with Crippen molar-refractivity contribution in [2.24, 2.45) is 0 Å². The predicted octanol–water partition coefficient (Wildman–Crippen LogP) is 1.69. The van der Waals surface area contributed by atoms with E-state index < -0.39 is 0 Å². The van der Waals surface area contributed by atoms with Crippen LogP contribution < -0.4 is 5.32 Å². The van der Waals surface area contributed by atoms with Crippen molar-refractivity contribution >= 4 is 11.8 Å². The summed E-state index contributed by atoms with van der Waals surface area (Å²) in [5.41, 5.74) is 2.81. The van der Waals surface area contributed by atoms with E-state index in [1.807, 2.05) is 45.9 Å². The first kappa shape index (κ1) is 17.1. The summed E-state index contributed by atoms with van der Waals surface area (Å²) in [7, 11) is 0. The molecule has 1 N–H and O–H groups in total. The maximum Gasteiger partial charge on any atom is 0.289 e. The fraction of sp³-hybridized carbons (Fsp3) is 0.444. The molecule has 0 aliphatic carbocycles. The number of fused-ring (bicyclic) bond motifs is 1. The molecule has 0 spiro atoms. The van der Waals surface area contributed by atoms with Crippen LogP contribution in [0, 0.1) is 13.8 Å². The van der Waals surface area contributed by atoms with Crippen LogP contribution in [0.3, 0.4) is 0 Å². The average Bonchev–Trinajstić information content (AvgIpc) is 2.99. The molecule has 0 bridgehead atoms. The molecule has 0 atom stereocenters. The highest BCUT2D eigenvalue weighted by Crippen LogP contribution is 2.19. The molecule has 2 heterocycles. The van der Waals surface area contributed by atoms with Crippen LogP contribution in [0.15, 0.2) is 18.2 Å². The first-order chi connectivity index (χ1) is 11.9. The molecular formula is C18H23N5O2. The Bertz CT molecular complexity index is 825. The van der Waals surface area contributed by atoms with E-state index in [0.717, 1.165) is 11.1 Å². The van der Waals surface area contributed by atoms with Gasteiger partial charge in [-0.25, -0.2) is 0 Å². The molecule has 1 aliphatic rings. The normalized spacial score (nSPS) is 13.7. The topological polar surface area (TPSA) is 80.1 Å². The van der Waals surface area contributed by atoms with Crippen molar-refractivity contribution < 1.29 is 9.59 Å². The molecule has 1 aromatic heterocycles. The lowest BCUT2D eigenvalue weighted by Gasteiger charge is -2.28. The summed E-state index contributed by atoms with van der Waals surface area (Å²) in [5, 5.41) is 10.9. The first-order valence-electron chi connectivity index (χ1n) is 8.47. The van der Waals surface area contributed by atoms with Gasteiger partial charge in [-0.3, -0.25) is 9.59 Å². The zero-order chi connectivity index (χ0) is 18.1. The van der Waals surface area contributed by atoms with Gasteiger partial charge in [0.25, 0.3) is 11.8 Å². The average molecular weight is 341 g/mol. The molecule has 25 heavy (non-hydrogen) atoms. The second-order valence-electron chi connectivity index (χ2n) is 6.69. The molecule has 3 rings (SSSR count). The molecule has 1 aliphatic heterocycles. The van der Waals surface area contributed by atoms with Gasteiger partial charge in [0.05, 0.1) is 6.54 Å². The Morgan fingerprint density at radius 1 is 1.16 bits per heavy atom. The summed E-state index contributed by atoms with van der Waals surface area (Å²) in [6.07, 6.45) is 0. The van der Waals surface area contributed by atoms with Gasteiger partial charge in [0, 0.05) is 24.7 Å². The number of aryl methyl sites for hydroxylation is 1. The second kappa shape index (κ2) is 6.66. The Morgan fingerprint density at radius 2 is 1.92 bits per heavy atom. The van der Waals surface area contributed by atoms with Crippen molar-refractivity contribution in [3.05, 3.63) is 46.5 Å². The van der Waals surface area contributed by atoms with Gasteiger partial charge in [0.2, 0.25) is 5.82 Å². The van der Waals surface area contributed by atoms with Crippen LogP contribution in [0.1, 0.15) is 51.8 Å². The lowest BCUT2D eigenvalue weighted by molar-refractivity contribution is 0.0705. The Kier molecular flexibility index (Phi) is 4.57. The predicted molar refractivity (Wildman–Crippen MR) is 93.3 cm³/mol. The van der Waals surface area contributed by atoms with Gasteiger partial charge in [0.15, 0.2) is 5.82 Å². The molecule has 0 saturated carbocycles. The second-order valence-corrected chi connectivity index (χ2v) is 6.69. The molecule has 0 saturated heterocycles. The van der Waals surface area contributed by atoms with Crippen molar-refractivity contribution in [3.63, 3.8) is 0 Å². The highest BCUT2D eigenvalue weighted by molar-refractivity contribution is 5.96. The number of hydrogen-bond donors (Lipinski definition) is 1. The fourth-order valence-electron chi connectivity index (χ4n) is 2.98. The van der Waals surface area contributed by atoms with Crippen LogP contribution in [-0.4, -0.2) is 44.1 Å². The van der Waals surface area contributed by atoms with Crippen molar-refractivity contribution in [2.75, 3.05) is 6.54 Å². The first-order valence-corrected chi connectivity index (χ1v) is 8.47. The number of rotatable bonds is 3. The molecule has 2 amide bonds. The molecule has 0 radical (unpaired) electrons. The molecule has 7 heteroatoms. The summed E-state index contributed by atoms with van der Waals surface area (Å²) in [6, 6.07) is 5.78. The third kappa shape index (κ3) is 3.26. The Balaban J connectivity index is 1.80. The van der Waals surface area contributed by atoms with Crippen molar-refractivity contribution in [1.29, 1.82) is 0 Å². The van der Waals surface area contributed by atoms with Gasteiger partial charge < -0.3 is 14.8 Å². The number of carbonyl (C=O) groups is 2. The summed E-state index contributed by atoms with van der Waals surface area (Å²) in [5.74, 6) is 0.702. The van der Waals surface area contributed by atoms with Crippen LogP contribution in [-0.2, 0) is 13.1 Å². The molecular weight excluding hydrogens is 318 g/mol. The van der Waals surface area contributed by atoms with Gasteiger partial charge in [-0.15, -0.1) is 10.2 Å². The highest BCUT2D eigenvalue weighted by Gasteiger charge is 2.28. The smallest absolute Gasteiger partial charge is 0.289 e. The maximum atomic E-state index is 12.9. The van der Waals surface area contributed by atoms with Gasteiger partial charge in [-0.1, -0.05) is 12.1 Å². The number of benzene rings is 1. The van der Waals surface area contributed by atoms with E-state index in [1.165, 1.54) is 0 Å². The molecule has 0 fully saturated rings. The number of hydrogen-bond acceptors (Lipinski definition) is 4. The minimum absolute atomic E-state index is 0.0105. The van der Waals surface area contributed by atoms with Crippen LogP contribution >= 0.6 is 0 Å². The van der Waals surface area contributed by atoms with Crippen molar-refractivity contribution in [1.82, 2.24) is 25.0 Å². The van der Waals surface area contributed by atoms with Crippen LogP contribution in [0.4, 0.5) is 0 Å². The lowest BCUT2D eigenvalue weighted by atomic mass is 10.0. The third-order valence-electron chi connectivity index (χ3n) is 4.50. The number of aromatic nitrogens is 3. The Morgan fingerprint density at radius 3 is 2.64 bits per heavy atom. The fourth-order valence-corrected chi connectivity index (χ4v) is 2.98. The molecule has 2 aromatic rings. The van der Waals surface area contributed by atoms with E-state index in [-0.39, 0.29) is 17.9 Å². The van der Waals surface area contributed by atoms with Crippen LogP contribution in [0.2, 0.25) is 0 Å². The minimum atomic E-state index is -0.233. The van der Waals surface area contributed by atoms with Crippen molar-refractivity contribution in [2.45, 2.75) is 46.8 Å². The van der Waals surface area contributed by atoms with E-state index in [9.17, 15) is 9.59 Å². The Labute approximate surface area is 147 Å². The summed E-state index contributed by atoms with van der Waals surface area (Å²) in [6.45, 7) is 9.15. The minimum Gasteiger partial charge on any atom is -0.347 e. The number of carbonyl (C=O) groups excluding carboxylic acids is 2. The standard InChI is InChI=1S/C18H23N5O2/c1-11(2)19-17(24)16-21-20-15-10-22(8-9-23(15)16)18(25)14-7-5-6-12(3)13(14)4/h5-7,11H,8-10H2,1-4H3,(H,19,24). The molecule has 7 nitrogen and oxygen atoms in total. The maximum absolute atomic E-state index is 12.9. The van der Waals surface area contributed by atoms with E-state index in [1.54, 1.807) is 9.47 Å². The van der Waals surface area contributed by atoms with Crippen molar-refractivity contribution in [3.8, 4) is 0 Å². The number of nitrogens with zero attached hydrogens (tertiary/aromatic N) is 4. The zero-order valence-corrected chi connectivity index (χ0v) is 15.0. The van der Waals surface area contributed by atoms with Gasteiger partial charge >= 0.3 is 0 Å². The monoisotopic (exact) mass is 341 g/mol. The van der Waals surface area contributed by atoms with Crippen LogP contribution in [0.25, 0.3) is 0 Å². The van der Waals surface area contributed by atoms with Gasteiger partial charge in [-0.05, 0) is 44.9 Å². The SMILES string of the molecule is Cc1cccc(C(=O)N2CCn3c(nnc3C(=O)NC(C)C)C2)c1C. The third-order valence-corrected chi connectivity index (χ3v) is 4.50. The van der Waals surface area contributed by atoms with E-state index in [0.29, 0.717) is 36.8 Å². The Hall–Kier alpha value is -2.70. The van der Waals surface area contributed by atoms with Gasteiger partial charge in [-0.2, -0.15) is 0 Å². The van der Waals surface area contributed by atoms with E-state index >= 15 is 0 Å². The van der Waals surface area contributed by atoms with Gasteiger partial charge in [0.1, 0.15) is 0 Å². The largest absolute Gasteiger partial charge is 0.347 e. The van der Waals surface area contributed by atoms with Crippen LogP contribution in [0.5, 0.6) is 0 Å². The quantitative estimate of drug-likeness (QED) is 0.921. The summed E-state index contributed by atoms with van der Waals surface area (Å²) in [4.78, 5) is 26.8. The zero-order valence-electron chi connectivity index (χ0n) is 15.0. The lowest BCUT2D eigenvalue weighted by Crippen LogP contribution is -2.40. The number of nitrogens with one attached hydrogen (secondary N) is 1. The molecule has 0 unspecified atom stereocenters. The molecule has 1 aromatic carbocycles. The highest BCUT2D eigenvalue weighted by atomic mass is 16.2. The van der Waals surface area contributed by atoms with E-state index in [4.69, 9.17) is 0 Å². The van der Waals surface area contributed by atoms with E-state index in [2.05, 4.69) is 15.5 Å². The summed E-state index contributed by atoms with van der Waals surface area (Å²) < 4.78 is 1.80. The number of amides is 2.